The molecular formula is C12H15N3O5. The topological polar surface area (TPSA) is 102 Å². The van der Waals surface area contributed by atoms with Crippen molar-refractivity contribution in [2.24, 2.45) is 0 Å². The van der Waals surface area contributed by atoms with E-state index in [1.54, 1.807) is 0 Å². The Labute approximate surface area is 114 Å². The zero-order valence-electron chi connectivity index (χ0n) is 11.0. The zero-order valence-corrected chi connectivity index (χ0v) is 11.0. The highest BCUT2D eigenvalue weighted by Crippen LogP contribution is 2.20. The number of esters is 1. The molecule has 1 aromatic heterocycles. The average molecular weight is 281 g/mol. The molecule has 0 saturated carbocycles. The minimum absolute atomic E-state index is 0.127. The third-order valence-electron chi connectivity index (χ3n) is 3.14. The third-order valence-corrected chi connectivity index (χ3v) is 3.14. The fourth-order valence-electron chi connectivity index (χ4n) is 2.24. The summed E-state index contributed by atoms with van der Waals surface area (Å²) in [5, 5.41) is 12.6. The van der Waals surface area contributed by atoms with Crippen molar-refractivity contribution in [3.63, 3.8) is 0 Å². The Balaban J connectivity index is 2.12. The Kier molecular flexibility index (Phi) is 4.02. The van der Waals surface area contributed by atoms with E-state index in [9.17, 15) is 14.4 Å². The highest BCUT2D eigenvalue weighted by Gasteiger charge is 2.36. The predicted molar refractivity (Wildman–Crippen MR) is 65.9 cm³/mol. The summed E-state index contributed by atoms with van der Waals surface area (Å²) in [4.78, 5) is 35.8. The van der Waals surface area contributed by atoms with Crippen molar-refractivity contribution in [2.45, 2.75) is 25.4 Å². The molecule has 20 heavy (non-hydrogen) atoms. The number of likely N-dealkylation sites (tertiary alicyclic amines) is 1. The van der Waals surface area contributed by atoms with Gasteiger partial charge in [-0.25, -0.2) is 4.79 Å². The summed E-state index contributed by atoms with van der Waals surface area (Å²) in [7, 11) is 1.28. The minimum atomic E-state index is -1.04. The van der Waals surface area contributed by atoms with Gasteiger partial charge in [0.15, 0.2) is 0 Å². The zero-order chi connectivity index (χ0) is 14.7. The molecule has 0 radical (unpaired) electrons. The van der Waals surface area contributed by atoms with Gasteiger partial charge in [0, 0.05) is 12.7 Å². The fraction of sp³-hybridized carbons (Fsp3) is 0.500. The molecule has 1 amide bonds. The molecule has 8 nitrogen and oxygen atoms in total. The maximum absolute atomic E-state index is 12.3. The van der Waals surface area contributed by atoms with Crippen LogP contribution in [0.1, 0.15) is 23.3 Å². The van der Waals surface area contributed by atoms with Gasteiger partial charge >= 0.3 is 11.9 Å². The Morgan fingerprint density at radius 3 is 2.90 bits per heavy atom. The van der Waals surface area contributed by atoms with E-state index in [0.29, 0.717) is 13.0 Å². The molecule has 0 aliphatic carbocycles. The van der Waals surface area contributed by atoms with Crippen LogP contribution < -0.4 is 0 Å². The maximum Gasteiger partial charge on any atom is 0.328 e. The van der Waals surface area contributed by atoms with E-state index in [4.69, 9.17) is 5.11 Å². The van der Waals surface area contributed by atoms with Crippen molar-refractivity contribution in [1.82, 2.24) is 14.7 Å². The summed E-state index contributed by atoms with van der Waals surface area (Å²) in [5.74, 6) is -1.87. The quantitative estimate of drug-likeness (QED) is 0.763. The number of rotatable bonds is 4. The summed E-state index contributed by atoms with van der Waals surface area (Å²) in [5.41, 5.74) is 0.127. The van der Waals surface area contributed by atoms with E-state index in [2.05, 4.69) is 9.84 Å². The Morgan fingerprint density at radius 2 is 2.25 bits per heavy atom. The van der Waals surface area contributed by atoms with Crippen molar-refractivity contribution in [2.75, 3.05) is 13.7 Å². The van der Waals surface area contributed by atoms with Crippen molar-refractivity contribution in [3.05, 3.63) is 18.0 Å². The van der Waals surface area contributed by atoms with Crippen LogP contribution in [-0.4, -0.2) is 57.3 Å². The Morgan fingerprint density at radius 1 is 1.50 bits per heavy atom. The van der Waals surface area contributed by atoms with Crippen LogP contribution in [0, 0.1) is 0 Å². The highest BCUT2D eigenvalue weighted by molar-refractivity contribution is 5.95. The van der Waals surface area contributed by atoms with Crippen LogP contribution in [0.2, 0.25) is 0 Å². The normalized spacial score (nSPS) is 18.1. The first-order valence-corrected chi connectivity index (χ1v) is 6.17. The molecule has 8 heteroatoms. The van der Waals surface area contributed by atoms with E-state index >= 15 is 0 Å². The van der Waals surface area contributed by atoms with E-state index in [-0.39, 0.29) is 18.1 Å². The number of aliphatic carboxylic acids is 1. The lowest BCUT2D eigenvalue weighted by Crippen LogP contribution is -2.41. The summed E-state index contributed by atoms with van der Waals surface area (Å²) in [6.07, 6.45) is 2.71. The molecule has 0 aromatic carbocycles. The molecule has 108 valence electrons. The first-order chi connectivity index (χ1) is 9.52. The number of ether oxygens (including phenoxy) is 1. The van der Waals surface area contributed by atoms with Gasteiger partial charge in [-0.1, -0.05) is 0 Å². The Bertz CT molecular complexity index is 539. The van der Waals surface area contributed by atoms with E-state index < -0.39 is 18.0 Å². The SMILES string of the molecule is COC(=O)C1CCCN1C(=O)c1ccn(CC(=O)O)n1. The highest BCUT2D eigenvalue weighted by atomic mass is 16.5. The van der Waals surface area contributed by atoms with Crippen molar-refractivity contribution in [3.8, 4) is 0 Å². The number of carboxylic acids is 1. The molecule has 1 fully saturated rings. The first-order valence-electron chi connectivity index (χ1n) is 6.17. The van der Waals surface area contributed by atoms with Crippen LogP contribution in [0.4, 0.5) is 0 Å². The summed E-state index contributed by atoms with van der Waals surface area (Å²) in [6, 6.07) is 0.856. The van der Waals surface area contributed by atoms with Crippen LogP contribution in [0.25, 0.3) is 0 Å². The number of amides is 1. The molecule has 1 saturated heterocycles. The first kappa shape index (κ1) is 14.0. The molecule has 2 rings (SSSR count). The molecule has 1 aliphatic rings. The van der Waals surface area contributed by atoms with Crippen LogP contribution >= 0.6 is 0 Å². The monoisotopic (exact) mass is 281 g/mol. The number of nitrogens with zero attached hydrogens (tertiary/aromatic N) is 3. The Hall–Kier alpha value is -2.38. The molecule has 1 aliphatic heterocycles. The van der Waals surface area contributed by atoms with Gasteiger partial charge in [0.25, 0.3) is 5.91 Å². The van der Waals surface area contributed by atoms with E-state index in [1.165, 1.54) is 29.0 Å². The van der Waals surface area contributed by atoms with Crippen molar-refractivity contribution in [1.29, 1.82) is 0 Å². The second-order valence-corrected chi connectivity index (χ2v) is 4.47. The molecule has 1 atom stereocenters. The maximum atomic E-state index is 12.3. The smallest absolute Gasteiger partial charge is 0.328 e. The number of aromatic nitrogens is 2. The number of carbonyl (C=O) groups is 3. The van der Waals surface area contributed by atoms with Gasteiger partial charge in [-0.3, -0.25) is 14.3 Å². The summed E-state index contributed by atoms with van der Waals surface area (Å²) >= 11 is 0. The number of hydrogen-bond acceptors (Lipinski definition) is 5. The molecule has 1 aromatic rings. The number of methoxy groups -OCH3 is 1. The lowest BCUT2D eigenvalue weighted by atomic mass is 10.2. The van der Waals surface area contributed by atoms with Crippen LogP contribution in [0.5, 0.6) is 0 Å². The molecule has 0 spiro atoms. The molecule has 1 unspecified atom stereocenters. The molecular weight excluding hydrogens is 266 g/mol. The number of carbonyl (C=O) groups excluding carboxylic acids is 2. The van der Waals surface area contributed by atoms with Gasteiger partial charge in [-0.15, -0.1) is 0 Å². The lowest BCUT2D eigenvalue weighted by Gasteiger charge is -2.21. The molecule has 0 bridgehead atoms. The van der Waals surface area contributed by atoms with Crippen molar-refractivity contribution >= 4 is 17.8 Å². The van der Waals surface area contributed by atoms with Gasteiger partial charge in [0.2, 0.25) is 0 Å². The summed E-state index contributed by atoms with van der Waals surface area (Å²) < 4.78 is 5.84. The van der Waals surface area contributed by atoms with Gasteiger partial charge in [-0.2, -0.15) is 5.10 Å². The number of carboxylic acid groups (broad SMARTS) is 1. The average Bonchev–Trinajstić information content (AvgIpc) is 3.04. The second kappa shape index (κ2) is 5.72. The van der Waals surface area contributed by atoms with Gasteiger partial charge in [0.1, 0.15) is 18.3 Å². The van der Waals surface area contributed by atoms with Crippen molar-refractivity contribution < 1.29 is 24.2 Å². The molecule has 2 heterocycles. The van der Waals surface area contributed by atoms with Gasteiger partial charge in [0.05, 0.1) is 7.11 Å². The van der Waals surface area contributed by atoms with Gasteiger partial charge in [-0.05, 0) is 18.9 Å². The minimum Gasteiger partial charge on any atom is -0.480 e. The van der Waals surface area contributed by atoms with Gasteiger partial charge < -0.3 is 14.7 Å². The summed E-state index contributed by atoms with van der Waals surface area (Å²) in [6.45, 7) is 0.151. The second-order valence-electron chi connectivity index (χ2n) is 4.47. The largest absolute Gasteiger partial charge is 0.480 e. The van der Waals surface area contributed by atoms with Crippen LogP contribution in [0.3, 0.4) is 0 Å². The third kappa shape index (κ3) is 2.79. The standard InChI is InChI=1S/C12H15N3O5/c1-20-12(19)9-3-2-5-15(9)11(18)8-4-6-14(13-8)7-10(16)17/h4,6,9H,2-3,5,7H2,1H3,(H,16,17). The van der Waals surface area contributed by atoms with E-state index in [1.807, 2.05) is 0 Å². The van der Waals surface area contributed by atoms with Crippen LogP contribution in [-0.2, 0) is 20.9 Å². The number of hydrogen-bond donors (Lipinski definition) is 1. The molecule has 1 N–H and O–H groups in total. The fourth-order valence-corrected chi connectivity index (χ4v) is 2.24. The lowest BCUT2D eigenvalue weighted by molar-refractivity contribution is -0.145. The van der Waals surface area contributed by atoms with E-state index in [0.717, 1.165) is 6.42 Å². The predicted octanol–water partition coefficient (Wildman–Crippen LogP) is -0.255. The van der Waals surface area contributed by atoms with Crippen LogP contribution in [0.15, 0.2) is 12.3 Å².